The molecule has 0 saturated carbocycles. The van der Waals surface area contributed by atoms with Gasteiger partial charge in [-0.25, -0.2) is 4.98 Å². The van der Waals surface area contributed by atoms with Crippen molar-refractivity contribution in [3.05, 3.63) is 28.8 Å². The smallest absolute Gasteiger partial charge is 0.251 e. The second-order valence-electron chi connectivity index (χ2n) is 13.9. The molecular formula is C36H57N11O6S. The van der Waals surface area contributed by atoms with Gasteiger partial charge in [-0.2, -0.15) is 0 Å². The number of hydrogen-bond acceptors (Lipinski definition) is 11. The van der Waals surface area contributed by atoms with Crippen molar-refractivity contribution < 1.29 is 28.8 Å². The summed E-state index contributed by atoms with van der Waals surface area (Å²) in [5.41, 5.74) is 17.7. The zero-order valence-corrected chi connectivity index (χ0v) is 32.5. The largest absolute Gasteiger partial charge is 0.370 e. The van der Waals surface area contributed by atoms with Crippen LogP contribution in [0.1, 0.15) is 99.2 Å². The molecule has 0 aliphatic carbocycles. The van der Waals surface area contributed by atoms with Gasteiger partial charge in [0.1, 0.15) is 18.1 Å². The molecule has 2 heterocycles. The van der Waals surface area contributed by atoms with E-state index in [9.17, 15) is 28.8 Å². The summed E-state index contributed by atoms with van der Waals surface area (Å²) in [5.74, 6) is -2.90. The highest BCUT2D eigenvalue weighted by Gasteiger charge is 2.32. The Morgan fingerprint density at radius 1 is 0.907 bits per heavy atom. The lowest BCUT2D eigenvalue weighted by Gasteiger charge is -2.27. The normalized spacial score (nSPS) is 15.4. The number of nitrogens with two attached hydrogens (primary N) is 3. The lowest BCUT2D eigenvalue weighted by atomic mass is 10.00. The number of carbonyl (C=O) groups is 6. The van der Waals surface area contributed by atoms with E-state index in [1.807, 2.05) is 13.8 Å². The third kappa shape index (κ3) is 13.9. The summed E-state index contributed by atoms with van der Waals surface area (Å²) >= 11 is 1.12. The Balaban J connectivity index is 1.82. The molecule has 4 atom stereocenters. The molecule has 1 aromatic heterocycles. The number of Topliss-reactive ketones (excluding diaryl/α,β-unsaturated/α-hetero) is 1. The molecule has 5 amide bonds. The highest BCUT2D eigenvalue weighted by Crippen LogP contribution is 2.25. The number of aromatic nitrogens is 1. The number of ketones is 1. The van der Waals surface area contributed by atoms with Gasteiger partial charge in [-0.1, -0.05) is 20.8 Å². The second kappa shape index (κ2) is 21.9. The fraction of sp³-hybridized carbons (Fsp3) is 0.611. The van der Waals surface area contributed by atoms with Crippen LogP contribution >= 0.6 is 11.3 Å². The Bertz CT molecular complexity index is 1640. The summed E-state index contributed by atoms with van der Waals surface area (Å²) < 4.78 is 0.640. The maximum Gasteiger partial charge on any atom is 0.251 e. The summed E-state index contributed by atoms with van der Waals surface area (Å²) in [7, 11) is 0. The van der Waals surface area contributed by atoms with Crippen molar-refractivity contribution in [3.63, 3.8) is 0 Å². The number of piperidine rings is 1. The number of amides is 5. The van der Waals surface area contributed by atoms with Crippen molar-refractivity contribution in [3.8, 4) is 0 Å². The third-order valence-electron chi connectivity index (χ3n) is 8.89. The molecule has 0 unspecified atom stereocenters. The van der Waals surface area contributed by atoms with Gasteiger partial charge in [0.25, 0.3) is 5.91 Å². The van der Waals surface area contributed by atoms with Gasteiger partial charge in [0.2, 0.25) is 29.4 Å². The van der Waals surface area contributed by atoms with E-state index in [1.54, 1.807) is 25.1 Å². The van der Waals surface area contributed by atoms with Crippen molar-refractivity contribution in [2.75, 3.05) is 26.2 Å². The van der Waals surface area contributed by atoms with E-state index in [1.165, 1.54) is 6.92 Å². The Hall–Kier alpha value is -4.68. The van der Waals surface area contributed by atoms with Crippen LogP contribution in [0.3, 0.4) is 0 Å². The van der Waals surface area contributed by atoms with E-state index >= 15 is 0 Å². The molecule has 1 aliphatic rings. The van der Waals surface area contributed by atoms with Crippen LogP contribution in [0.25, 0.3) is 10.2 Å². The topological polar surface area (TPSA) is 278 Å². The average molecular weight is 772 g/mol. The molecule has 2 aromatic rings. The van der Waals surface area contributed by atoms with Crippen molar-refractivity contribution in [2.45, 2.75) is 109 Å². The fourth-order valence-electron chi connectivity index (χ4n) is 6.04. The second-order valence-corrected chi connectivity index (χ2v) is 14.9. The molecule has 1 aromatic carbocycles. The Morgan fingerprint density at radius 2 is 1.54 bits per heavy atom. The first-order valence-corrected chi connectivity index (χ1v) is 19.4. The minimum atomic E-state index is -1.06. The van der Waals surface area contributed by atoms with Crippen LogP contribution in [-0.4, -0.2) is 103 Å². The predicted molar refractivity (Wildman–Crippen MR) is 209 cm³/mol. The van der Waals surface area contributed by atoms with Crippen molar-refractivity contribution in [1.82, 2.24) is 36.9 Å². The molecule has 1 aliphatic heterocycles. The lowest BCUT2D eigenvalue weighted by Crippen LogP contribution is -2.57. The van der Waals surface area contributed by atoms with Crippen LogP contribution in [0, 0.1) is 5.92 Å². The molecule has 17 nitrogen and oxygen atoms in total. The van der Waals surface area contributed by atoms with E-state index < -0.39 is 47.7 Å². The molecule has 0 spiro atoms. The summed E-state index contributed by atoms with van der Waals surface area (Å²) in [6, 6.07) is 1.18. The van der Waals surface area contributed by atoms with Gasteiger partial charge < -0.3 is 49.1 Å². The number of aliphatic imine (C=N–C) groups is 1. The standard InChI is InChI=1S/C36H57N11O6S/c1-5-24(42-21(4)48)32(51)45-27(8-6-14-37)33(52)46-28(18-20(2)3)34(53)44-26(9-7-15-41-36(38)39)30(49)35-47-25-11-10-22(19-29(25)54-35)31(50)43-23-12-16-40-17-13-23/h10-11,19-20,23-24,26-28,40H,5-9,12-18,37H2,1-4H3,(H,42,48)(H,43,50)(H,44,53)(H,45,51)(H,46,52)(H4,38,39,41)/t24-,26-,27-,28-/m0/s1. The summed E-state index contributed by atoms with van der Waals surface area (Å²) in [6.07, 6.45) is 3.35. The minimum Gasteiger partial charge on any atom is -0.370 e. The quantitative estimate of drug-likeness (QED) is 0.0357. The number of guanidine groups is 1. The Kier molecular flexibility index (Phi) is 17.7. The van der Waals surface area contributed by atoms with Crippen LogP contribution < -0.4 is 49.1 Å². The molecule has 54 heavy (non-hydrogen) atoms. The first-order chi connectivity index (χ1) is 25.7. The first kappa shape index (κ1) is 43.7. The van der Waals surface area contributed by atoms with Gasteiger partial charge in [-0.05, 0) is 95.1 Å². The Labute approximate surface area is 320 Å². The van der Waals surface area contributed by atoms with E-state index in [0.717, 1.165) is 37.3 Å². The van der Waals surface area contributed by atoms with E-state index in [2.05, 4.69) is 41.9 Å². The highest BCUT2D eigenvalue weighted by atomic mass is 32.1. The number of benzene rings is 1. The number of nitrogens with one attached hydrogen (secondary N) is 6. The fourth-order valence-corrected chi connectivity index (χ4v) is 7.04. The van der Waals surface area contributed by atoms with E-state index in [4.69, 9.17) is 17.2 Å². The SMILES string of the molecule is CC[C@H](NC(C)=O)C(=O)N[C@@H](CCCN)C(=O)N[C@@H](CC(C)C)C(=O)N[C@@H](CCCN=C(N)N)C(=O)c1nc2ccc(C(=O)NC3CCNCC3)cc2s1. The molecule has 1 fully saturated rings. The van der Waals surface area contributed by atoms with Gasteiger partial charge >= 0.3 is 0 Å². The molecule has 12 N–H and O–H groups in total. The van der Waals surface area contributed by atoms with Crippen LogP contribution in [-0.2, 0) is 19.2 Å². The highest BCUT2D eigenvalue weighted by molar-refractivity contribution is 7.20. The molecule has 0 bridgehead atoms. The minimum absolute atomic E-state index is 0.0381. The summed E-state index contributed by atoms with van der Waals surface area (Å²) in [6.45, 7) is 8.96. The first-order valence-electron chi connectivity index (χ1n) is 18.6. The van der Waals surface area contributed by atoms with Crippen molar-refractivity contribution >= 4 is 62.8 Å². The molecule has 298 valence electrons. The van der Waals surface area contributed by atoms with E-state index in [-0.39, 0.29) is 67.1 Å². The molecular weight excluding hydrogens is 715 g/mol. The van der Waals surface area contributed by atoms with Gasteiger partial charge in [0.15, 0.2) is 11.0 Å². The van der Waals surface area contributed by atoms with E-state index in [0.29, 0.717) is 35.0 Å². The monoisotopic (exact) mass is 771 g/mol. The molecule has 1 saturated heterocycles. The van der Waals surface area contributed by atoms with Gasteiger partial charge in [0.05, 0.1) is 16.3 Å². The van der Waals surface area contributed by atoms with Gasteiger partial charge in [-0.15, -0.1) is 11.3 Å². The van der Waals surface area contributed by atoms with Crippen LogP contribution in [0.15, 0.2) is 23.2 Å². The summed E-state index contributed by atoms with van der Waals surface area (Å²) in [5, 5.41) is 17.4. The lowest BCUT2D eigenvalue weighted by molar-refractivity contribution is -0.134. The van der Waals surface area contributed by atoms with Crippen molar-refractivity contribution in [1.29, 1.82) is 0 Å². The van der Waals surface area contributed by atoms with Gasteiger partial charge in [-0.3, -0.25) is 33.8 Å². The molecule has 18 heteroatoms. The maximum absolute atomic E-state index is 14.0. The summed E-state index contributed by atoms with van der Waals surface area (Å²) in [4.78, 5) is 87.8. The number of hydrogen-bond donors (Lipinski definition) is 9. The predicted octanol–water partition coefficient (Wildman–Crippen LogP) is 0.169. The van der Waals surface area contributed by atoms with Crippen LogP contribution in [0.4, 0.5) is 0 Å². The van der Waals surface area contributed by atoms with Crippen LogP contribution in [0.5, 0.6) is 0 Å². The molecule has 3 rings (SSSR count). The average Bonchev–Trinajstić information content (AvgIpc) is 3.56. The van der Waals surface area contributed by atoms with Crippen molar-refractivity contribution in [2.24, 2.45) is 28.1 Å². The number of rotatable bonds is 21. The number of carbonyl (C=O) groups excluding carboxylic acids is 6. The van der Waals surface area contributed by atoms with Gasteiger partial charge in [0, 0.05) is 25.1 Å². The maximum atomic E-state index is 14.0. The zero-order valence-electron chi connectivity index (χ0n) is 31.7. The number of nitrogens with zero attached hydrogens (tertiary/aromatic N) is 2. The zero-order chi connectivity index (χ0) is 39.8. The third-order valence-corrected chi connectivity index (χ3v) is 9.92. The molecule has 0 radical (unpaired) electrons. The Morgan fingerprint density at radius 3 is 2.17 bits per heavy atom. The number of thiazole rings is 1. The number of fused-ring (bicyclic) bond motifs is 1. The van der Waals surface area contributed by atoms with Crippen LogP contribution in [0.2, 0.25) is 0 Å².